The van der Waals surface area contributed by atoms with Gasteiger partial charge in [0.2, 0.25) is 11.8 Å². The summed E-state index contributed by atoms with van der Waals surface area (Å²) in [5, 5.41) is 14.2. The van der Waals surface area contributed by atoms with Crippen molar-refractivity contribution in [1.82, 2.24) is 15.2 Å². The van der Waals surface area contributed by atoms with Crippen LogP contribution in [0.4, 0.5) is 0 Å². The van der Waals surface area contributed by atoms with E-state index in [9.17, 15) is 19.5 Å². The van der Waals surface area contributed by atoms with E-state index in [4.69, 9.17) is 23.2 Å². The van der Waals surface area contributed by atoms with Crippen molar-refractivity contribution in [2.45, 2.75) is 30.2 Å². The second-order valence-electron chi connectivity index (χ2n) is 8.88. The third-order valence-electron chi connectivity index (χ3n) is 6.59. The number of hydrogen-bond donors (Lipinski definition) is 3. The first-order valence-electron chi connectivity index (χ1n) is 11.9. The summed E-state index contributed by atoms with van der Waals surface area (Å²) in [7, 11) is 0. The van der Waals surface area contributed by atoms with Crippen molar-refractivity contribution >= 4 is 69.7 Å². The van der Waals surface area contributed by atoms with Crippen LogP contribution in [-0.2, 0) is 20.8 Å². The number of carbonyl (C=O) groups is 3. The van der Waals surface area contributed by atoms with Gasteiger partial charge in [-0.3, -0.25) is 9.59 Å². The molecule has 0 spiro atoms. The van der Waals surface area contributed by atoms with Crippen molar-refractivity contribution in [3.05, 3.63) is 69.8 Å². The molecule has 3 aromatic rings. The smallest absolute Gasteiger partial charge is 0.326 e. The Kier molecular flexibility index (Phi) is 8.84. The summed E-state index contributed by atoms with van der Waals surface area (Å²) in [6, 6.07) is 10.3. The molecule has 194 valence electrons. The van der Waals surface area contributed by atoms with E-state index in [2.05, 4.69) is 10.3 Å². The van der Waals surface area contributed by atoms with Crippen molar-refractivity contribution in [2.75, 3.05) is 19.3 Å². The van der Waals surface area contributed by atoms with Gasteiger partial charge in [-0.2, -0.15) is 0 Å². The Morgan fingerprint density at radius 2 is 1.89 bits per heavy atom. The van der Waals surface area contributed by atoms with Crippen LogP contribution in [0.1, 0.15) is 24.0 Å². The molecule has 4 rings (SSSR count). The summed E-state index contributed by atoms with van der Waals surface area (Å²) in [6.07, 6.45) is 7.88. The summed E-state index contributed by atoms with van der Waals surface area (Å²) in [6.45, 7) is 0.808. The number of piperidine rings is 1. The van der Waals surface area contributed by atoms with Crippen LogP contribution in [0.15, 0.2) is 53.6 Å². The number of aliphatic carboxylic acids is 1. The molecule has 1 aliphatic rings. The van der Waals surface area contributed by atoms with Gasteiger partial charge in [0, 0.05) is 53.5 Å². The van der Waals surface area contributed by atoms with Crippen molar-refractivity contribution in [3.8, 4) is 0 Å². The Balaban J connectivity index is 1.32. The van der Waals surface area contributed by atoms with Gasteiger partial charge >= 0.3 is 5.97 Å². The molecule has 0 aliphatic carbocycles. The van der Waals surface area contributed by atoms with E-state index in [1.54, 1.807) is 17.2 Å². The molecule has 1 aromatic heterocycles. The maximum absolute atomic E-state index is 12.9. The normalized spacial score (nSPS) is 15.3. The molecule has 1 fully saturated rings. The summed E-state index contributed by atoms with van der Waals surface area (Å²) in [5.74, 6) is -1.92. The second-order valence-corrected chi connectivity index (χ2v) is 10.5. The Morgan fingerprint density at radius 1 is 1.16 bits per heavy atom. The lowest BCUT2D eigenvalue weighted by molar-refractivity contribution is -0.142. The largest absolute Gasteiger partial charge is 0.480 e. The van der Waals surface area contributed by atoms with Gasteiger partial charge in [0.25, 0.3) is 0 Å². The van der Waals surface area contributed by atoms with Crippen LogP contribution in [0, 0.1) is 5.92 Å². The molecule has 0 bridgehead atoms. The molecule has 0 saturated carbocycles. The number of amides is 2. The van der Waals surface area contributed by atoms with E-state index in [1.165, 1.54) is 17.8 Å². The van der Waals surface area contributed by atoms with Crippen molar-refractivity contribution in [1.29, 1.82) is 0 Å². The zero-order valence-corrected chi connectivity index (χ0v) is 22.5. The fraction of sp³-hybridized carbons (Fsp3) is 0.296. The zero-order chi connectivity index (χ0) is 26.5. The molecule has 3 N–H and O–H groups in total. The van der Waals surface area contributed by atoms with Crippen LogP contribution < -0.4 is 5.32 Å². The number of benzene rings is 2. The number of thioether (sulfide) groups is 1. The first-order chi connectivity index (χ1) is 17.8. The number of rotatable bonds is 8. The highest BCUT2D eigenvalue weighted by Crippen LogP contribution is 2.35. The minimum atomic E-state index is -1.08. The number of carboxylic acids is 1. The first kappa shape index (κ1) is 27.1. The molecule has 2 amide bonds. The SMILES string of the molecule is CSc1ccc(C=CC(=O)N2CCC(C(=O)NC(Cc3c[nH]c4ccccc34)C(=O)O)CC2)c(Cl)c1Cl. The van der Waals surface area contributed by atoms with Gasteiger partial charge in [0.1, 0.15) is 6.04 Å². The lowest BCUT2D eigenvalue weighted by Crippen LogP contribution is -2.48. The standard InChI is InChI=1S/C27H27Cl2N3O4S/c1-37-22-8-6-16(24(28)25(22)29)7-9-23(33)32-12-10-17(11-13-32)26(34)31-21(27(35)36)14-18-15-30-20-5-3-2-4-19(18)20/h2-9,15,17,21,30H,10-14H2,1H3,(H,31,34)(H,35,36). The number of nitrogens with zero attached hydrogens (tertiary/aromatic N) is 1. The number of likely N-dealkylation sites (tertiary alicyclic amines) is 1. The van der Waals surface area contributed by atoms with Gasteiger partial charge in [0.15, 0.2) is 0 Å². The quantitative estimate of drug-likeness (QED) is 0.258. The van der Waals surface area contributed by atoms with Gasteiger partial charge in [-0.1, -0.05) is 47.5 Å². The van der Waals surface area contributed by atoms with E-state index in [0.717, 1.165) is 21.4 Å². The molecule has 10 heteroatoms. The van der Waals surface area contributed by atoms with Gasteiger partial charge in [0.05, 0.1) is 10.0 Å². The number of fused-ring (bicyclic) bond motifs is 1. The molecule has 0 radical (unpaired) electrons. The number of carboxylic acid groups (broad SMARTS) is 1. The van der Waals surface area contributed by atoms with Crippen molar-refractivity contribution in [2.24, 2.45) is 5.92 Å². The molecular weight excluding hydrogens is 533 g/mol. The maximum atomic E-state index is 12.9. The number of carbonyl (C=O) groups excluding carboxylic acids is 2. The number of halogens is 2. The third-order valence-corrected chi connectivity index (χ3v) is 8.38. The Labute approximate surface area is 229 Å². The van der Waals surface area contributed by atoms with Gasteiger partial charge in [-0.25, -0.2) is 4.79 Å². The lowest BCUT2D eigenvalue weighted by atomic mass is 9.95. The van der Waals surface area contributed by atoms with Gasteiger partial charge in [-0.05, 0) is 48.4 Å². The summed E-state index contributed by atoms with van der Waals surface area (Å²) < 4.78 is 0. The lowest BCUT2D eigenvalue weighted by Gasteiger charge is -2.31. The highest BCUT2D eigenvalue weighted by Gasteiger charge is 2.30. The molecule has 7 nitrogen and oxygen atoms in total. The van der Waals surface area contributed by atoms with Crippen LogP contribution in [0.3, 0.4) is 0 Å². The summed E-state index contributed by atoms with van der Waals surface area (Å²) in [5.41, 5.74) is 2.41. The predicted octanol–water partition coefficient (Wildman–Crippen LogP) is 5.26. The predicted molar refractivity (Wildman–Crippen MR) is 148 cm³/mol. The molecule has 2 aromatic carbocycles. The average molecular weight is 561 g/mol. The fourth-order valence-corrected chi connectivity index (χ4v) is 5.64. The average Bonchev–Trinajstić information content (AvgIpc) is 3.31. The molecule has 1 aliphatic heterocycles. The fourth-order valence-electron chi connectivity index (χ4n) is 4.47. The number of hydrogen-bond acceptors (Lipinski definition) is 4. The number of H-pyrrole nitrogens is 1. The van der Waals surface area contributed by atoms with E-state index in [0.29, 0.717) is 41.5 Å². The molecule has 2 heterocycles. The third kappa shape index (κ3) is 6.32. The van der Waals surface area contributed by atoms with E-state index < -0.39 is 12.0 Å². The summed E-state index contributed by atoms with van der Waals surface area (Å²) >= 11 is 14.1. The molecule has 1 unspecified atom stereocenters. The molecule has 37 heavy (non-hydrogen) atoms. The van der Waals surface area contributed by atoms with E-state index in [-0.39, 0.29) is 24.2 Å². The minimum Gasteiger partial charge on any atom is -0.480 e. The minimum absolute atomic E-state index is 0.178. The zero-order valence-electron chi connectivity index (χ0n) is 20.2. The van der Waals surface area contributed by atoms with Crippen molar-refractivity contribution in [3.63, 3.8) is 0 Å². The van der Waals surface area contributed by atoms with Crippen LogP contribution in [0.5, 0.6) is 0 Å². The molecule has 1 atom stereocenters. The number of aromatic nitrogens is 1. The van der Waals surface area contributed by atoms with Crippen molar-refractivity contribution < 1.29 is 19.5 Å². The Bertz CT molecular complexity index is 1350. The van der Waals surface area contributed by atoms with Crippen LogP contribution in [0.2, 0.25) is 10.0 Å². The topological polar surface area (TPSA) is 103 Å². The van der Waals surface area contributed by atoms with E-state index >= 15 is 0 Å². The molecule has 1 saturated heterocycles. The summed E-state index contributed by atoms with van der Waals surface area (Å²) in [4.78, 5) is 43.1. The van der Waals surface area contributed by atoms with Gasteiger partial charge < -0.3 is 20.3 Å². The van der Waals surface area contributed by atoms with E-state index in [1.807, 2.05) is 42.7 Å². The monoisotopic (exact) mass is 559 g/mol. The van der Waals surface area contributed by atoms with Crippen LogP contribution >= 0.6 is 35.0 Å². The van der Waals surface area contributed by atoms with Crippen LogP contribution in [0.25, 0.3) is 17.0 Å². The number of nitrogens with one attached hydrogen (secondary N) is 2. The maximum Gasteiger partial charge on any atom is 0.326 e. The van der Waals surface area contributed by atoms with Crippen LogP contribution in [-0.4, -0.2) is 58.2 Å². The number of para-hydroxylation sites is 1. The second kappa shape index (κ2) is 12.1. The first-order valence-corrected chi connectivity index (χ1v) is 13.8. The number of aromatic amines is 1. The highest BCUT2D eigenvalue weighted by atomic mass is 35.5. The van der Waals surface area contributed by atoms with Gasteiger partial charge in [-0.15, -0.1) is 11.8 Å². The highest BCUT2D eigenvalue weighted by molar-refractivity contribution is 7.98. The molecular formula is C27H27Cl2N3O4S. The Hall–Kier alpha value is -2.94. The Morgan fingerprint density at radius 3 is 2.59 bits per heavy atom.